The van der Waals surface area contributed by atoms with Gasteiger partial charge in [0.15, 0.2) is 0 Å². The average molecular weight is 164 g/mol. The molecule has 0 aliphatic rings. The van der Waals surface area contributed by atoms with Crippen molar-refractivity contribution in [1.29, 1.82) is 0 Å². The first-order chi connectivity index (χ1) is 4.77. The topological polar surface area (TPSA) is 75.3 Å². The van der Waals surface area contributed by atoms with Gasteiger partial charge in [0.05, 0.1) is 0 Å². The van der Waals surface area contributed by atoms with Gasteiger partial charge < -0.3 is 5.73 Å². The third-order valence-corrected chi connectivity index (χ3v) is 1.20. The second-order valence-corrected chi connectivity index (χ2v) is 2.43. The molecule has 0 aromatic rings. The van der Waals surface area contributed by atoms with Crippen molar-refractivity contribution in [2.75, 3.05) is 6.54 Å². The molecule has 10 heavy (non-hydrogen) atoms. The summed E-state index contributed by atoms with van der Waals surface area (Å²) >= 11 is -1.94. The molecule has 1 unspecified atom stereocenters. The van der Waals surface area contributed by atoms with E-state index in [-0.39, 0.29) is 0 Å². The second-order valence-electron chi connectivity index (χ2n) is 1.70. The molecule has 5 heteroatoms. The van der Waals surface area contributed by atoms with Gasteiger partial charge >= 0.3 is 0 Å². The summed E-state index contributed by atoms with van der Waals surface area (Å²) in [5.74, 6) is 0. The highest BCUT2D eigenvalue weighted by Crippen LogP contribution is 1.85. The standard InChI is InChI=1S/C5H12N2O2S/c6-4-2-1-3-5-7-10(8)9/h3,5,7H,1-2,4,6H2,(H,8,9). The molecule has 0 aromatic heterocycles. The number of nitrogens with one attached hydrogen (secondary N) is 1. The lowest BCUT2D eigenvalue weighted by atomic mass is 10.3. The van der Waals surface area contributed by atoms with Gasteiger partial charge in [-0.05, 0) is 19.4 Å². The van der Waals surface area contributed by atoms with E-state index in [2.05, 4.69) is 4.72 Å². The Bertz CT molecular complexity index is 127. The predicted octanol–water partition coefficient (Wildman–Crippen LogP) is -0.0347. The molecule has 4 N–H and O–H groups in total. The fourth-order valence-corrected chi connectivity index (χ4v) is 0.638. The molecule has 60 valence electrons. The molecule has 0 aliphatic heterocycles. The van der Waals surface area contributed by atoms with Crippen LogP contribution in [0.5, 0.6) is 0 Å². The summed E-state index contributed by atoms with van der Waals surface area (Å²) in [6, 6.07) is 0. The first-order valence-corrected chi connectivity index (χ1v) is 4.10. The van der Waals surface area contributed by atoms with Crippen molar-refractivity contribution < 1.29 is 8.76 Å². The molecule has 0 heterocycles. The van der Waals surface area contributed by atoms with E-state index < -0.39 is 11.3 Å². The zero-order valence-corrected chi connectivity index (χ0v) is 6.43. The smallest absolute Gasteiger partial charge is 0.258 e. The minimum atomic E-state index is -1.94. The molecule has 0 rings (SSSR count). The highest BCUT2D eigenvalue weighted by atomic mass is 32.2. The third kappa shape index (κ3) is 7.61. The molecule has 0 aromatic carbocycles. The van der Waals surface area contributed by atoms with Gasteiger partial charge in [-0.15, -0.1) is 0 Å². The van der Waals surface area contributed by atoms with Crippen LogP contribution in [0.4, 0.5) is 0 Å². The van der Waals surface area contributed by atoms with Crippen LogP contribution in [0.1, 0.15) is 12.8 Å². The molecule has 1 atom stereocenters. The number of nitrogens with two attached hydrogens (primary N) is 1. The van der Waals surface area contributed by atoms with E-state index in [1.807, 2.05) is 0 Å². The molecule has 0 saturated heterocycles. The Morgan fingerprint density at radius 1 is 1.70 bits per heavy atom. The zero-order valence-electron chi connectivity index (χ0n) is 5.62. The second kappa shape index (κ2) is 6.73. The molecule has 0 amide bonds. The van der Waals surface area contributed by atoms with Crippen LogP contribution in [0.25, 0.3) is 0 Å². The molecule has 4 nitrogen and oxygen atoms in total. The molecule has 0 aliphatic carbocycles. The van der Waals surface area contributed by atoms with Crippen LogP contribution in [0.3, 0.4) is 0 Å². The van der Waals surface area contributed by atoms with Gasteiger partial charge in [-0.2, -0.15) is 0 Å². The number of hydrogen-bond acceptors (Lipinski definition) is 2. The zero-order chi connectivity index (χ0) is 7.82. The van der Waals surface area contributed by atoms with Crippen LogP contribution in [-0.2, 0) is 11.3 Å². The number of hydrogen-bond donors (Lipinski definition) is 3. The monoisotopic (exact) mass is 164 g/mol. The molecule has 0 bridgehead atoms. The van der Waals surface area contributed by atoms with Gasteiger partial charge in [0.1, 0.15) is 0 Å². The molecule has 0 radical (unpaired) electrons. The predicted molar refractivity (Wildman–Crippen MR) is 41.3 cm³/mol. The Morgan fingerprint density at radius 3 is 2.90 bits per heavy atom. The summed E-state index contributed by atoms with van der Waals surface area (Å²) in [5, 5.41) is 0. The minimum Gasteiger partial charge on any atom is -0.330 e. The summed E-state index contributed by atoms with van der Waals surface area (Å²) < 4.78 is 20.4. The van der Waals surface area contributed by atoms with E-state index in [9.17, 15) is 4.21 Å². The molecular weight excluding hydrogens is 152 g/mol. The van der Waals surface area contributed by atoms with E-state index in [0.717, 1.165) is 12.8 Å². The Kier molecular flexibility index (Phi) is 6.46. The van der Waals surface area contributed by atoms with Gasteiger partial charge in [-0.1, -0.05) is 6.08 Å². The first kappa shape index (κ1) is 9.61. The quantitative estimate of drug-likeness (QED) is 0.394. The highest BCUT2D eigenvalue weighted by Gasteiger charge is 1.81. The van der Waals surface area contributed by atoms with Crippen LogP contribution >= 0.6 is 0 Å². The van der Waals surface area contributed by atoms with Crippen LogP contribution in [0.2, 0.25) is 0 Å². The van der Waals surface area contributed by atoms with Gasteiger partial charge in [0, 0.05) is 6.20 Å². The molecule has 0 saturated carbocycles. The first-order valence-electron chi connectivity index (χ1n) is 2.99. The van der Waals surface area contributed by atoms with E-state index >= 15 is 0 Å². The Morgan fingerprint density at radius 2 is 2.40 bits per heavy atom. The fraction of sp³-hybridized carbons (Fsp3) is 0.600. The maximum Gasteiger partial charge on any atom is 0.258 e. The summed E-state index contributed by atoms with van der Waals surface area (Å²) in [6.45, 7) is 0.645. The SMILES string of the molecule is NCCCC=CNS(=O)O. The lowest BCUT2D eigenvalue weighted by Crippen LogP contribution is -2.07. The molecular formula is C5H12N2O2S. The molecule has 0 fully saturated rings. The average Bonchev–Trinajstić information content (AvgIpc) is 1.87. The van der Waals surface area contributed by atoms with Crippen LogP contribution in [0, 0.1) is 0 Å². The van der Waals surface area contributed by atoms with Gasteiger partial charge in [0.2, 0.25) is 0 Å². The van der Waals surface area contributed by atoms with E-state index in [0.29, 0.717) is 6.54 Å². The normalized spacial score (nSPS) is 13.8. The third-order valence-electron chi connectivity index (χ3n) is 0.862. The number of unbranched alkanes of at least 4 members (excludes halogenated alkanes) is 1. The van der Waals surface area contributed by atoms with Crippen molar-refractivity contribution in [1.82, 2.24) is 4.72 Å². The summed E-state index contributed by atoms with van der Waals surface area (Å²) in [6.07, 6.45) is 4.95. The van der Waals surface area contributed by atoms with E-state index in [1.54, 1.807) is 6.08 Å². The Balaban J connectivity index is 3.12. The van der Waals surface area contributed by atoms with Crippen LogP contribution in [0.15, 0.2) is 12.3 Å². The van der Waals surface area contributed by atoms with E-state index in [4.69, 9.17) is 10.3 Å². The summed E-state index contributed by atoms with van der Waals surface area (Å²) in [7, 11) is 0. The van der Waals surface area contributed by atoms with Crippen molar-refractivity contribution >= 4 is 11.3 Å². The Labute approximate surface area is 62.9 Å². The number of allylic oxidation sites excluding steroid dienone is 1. The summed E-state index contributed by atoms with van der Waals surface area (Å²) in [4.78, 5) is 0. The van der Waals surface area contributed by atoms with Crippen molar-refractivity contribution in [3.63, 3.8) is 0 Å². The van der Waals surface area contributed by atoms with E-state index in [1.165, 1.54) is 6.20 Å². The van der Waals surface area contributed by atoms with Gasteiger partial charge in [-0.3, -0.25) is 9.27 Å². The maximum atomic E-state index is 9.96. The molecule has 0 spiro atoms. The van der Waals surface area contributed by atoms with Gasteiger partial charge in [0.25, 0.3) is 11.3 Å². The maximum absolute atomic E-state index is 9.96. The largest absolute Gasteiger partial charge is 0.330 e. The Hall–Kier alpha value is -0.390. The van der Waals surface area contributed by atoms with Crippen molar-refractivity contribution in [3.05, 3.63) is 12.3 Å². The van der Waals surface area contributed by atoms with Crippen molar-refractivity contribution in [3.8, 4) is 0 Å². The number of rotatable bonds is 5. The van der Waals surface area contributed by atoms with Crippen molar-refractivity contribution in [2.24, 2.45) is 5.73 Å². The lowest BCUT2D eigenvalue weighted by Gasteiger charge is -1.90. The summed E-state index contributed by atoms with van der Waals surface area (Å²) in [5.41, 5.74) is 5.21. The lowest BCUT2D eigenvalue weighted by molar-refractivity contribution is 0.558. The highest BCUT2D eigenvalue weighted by molar-refractivity contribution is 7.77. The van der Waals surface area contributed by atoms with Crippen LogP contribution in [-0.4, -0.2) is 15.3 Å². The van der Waals surface area contributed by atoms with Crippen LogP contribution < -0.4 is 10.5 Å². The fourth-order valence-electron chi connectivity index (χ4n) is 0.425. The van der Waals surface area contributed by atoms with Gasteiger partial charge in [-0.25, -0.2) is 4.21 Å². The van der Waals surface area contributed by atoms with Crippen molar-refractivity contribution in [2.45, 2.75) is 12.8 Å². The minimum absolute atomic E-state index is 0.645.